The fourth-order valence-electron chi connectivity index (χ4n) is 4.72. The molecule has 35 heavy (non-hydrogen) atoms. The molecule has 2 N–H and O–H groups in total. The Hall–Kier alpha value is -3.20. The Morgan fingerprint density at radius 2 is 2.09 bits per heavy atom. The molecule has 1 aliphatic carbocycles. The third kappa shape index (κ3) is 5.73. The Kier molecular flexibility index (Phi) is 7.85. The molecular weight excluding hydrogens is 446 g/mol. The molecule has 3 heterocycles. The van der Waals surface area contributed by atoms with Crippen molar-refractivity contribution in [1.29, 1.82) is 0 Å². The SMILES string of the molecule is C[C@H](CO)N1C[C@H](C)[C@@H](CN(C)C(=O)NC2CCCC2)Oc2ncc(-c3cccnc3)cc2C1=O. The number of carbonyl (C=O) groups is 2. The van der Waals surface area contributed by atoms with Gasteiger partial charge in [0.15, 0.2) is 0 Å². The molecule has 188 valence electrons. The van der Waals surface area contributed by atoms with Gasteiger partial charge in [0.05, 0.1) is 19.2 Å². The second-order valence-corrected chi connectivity index (χ2v) is 9.75. The van der Waals surface area contributed by atoms with Crippen molar-refractivity contribution >= 4 is 11.9 Å². The summed E-state index contributed by atoms with van der Waals surface area (Å²) in [5.74, 6) is -0.0982. The molecule has 0 radical (unpaired) electrons. The number of ether oxygens (including phenoxy) is 1. The van der Waals surface area contributed by atoms with Gasteiger partial charge in [-0.25, -0.2) is 9.78 Å². The molecule has 4 rings (SSSR count). The summed E-state index contributed by atoms with van der Waals surface area (Å²) in [6.45, 7) is 4.40. The van der Waals surface area contributed by atoms with E-state index in [1.54, 1.807) is 41.5 Å². The van der Waals surface area contributed by atoms with Crippen LogP contribution in [0.25, 0.3) is 11.1 Å². The van der Waals surface area contributed by atoms with E-state index < -0.39 is 0 Å². The Labute approximate surface area is 206 Å². The number of aliphatic hydroxyl groups is 1. The predicted octanol–water partition coefficient (Wildman–Crippen LogP) is 2.95. The number of nitrogens with one attached hydrogen (secondary N) is 1. The third-order valence-electron chi connectivity index (χ3n) is 7.00. The number of carbonyl (C=O) groups excluding carboxylic acids is 2. The standard InChI is InChI=1S/C26H35N5O4/c1-17-14-31(18(2)16-32)25(33)22-11-20(19-7-6-10-27-12-19)13-28-24(22)35-23(17)15-30(3)26(34)29-21-8-4-5-9-21/h6-7,10-13,17-18,21,23,32H,4-5,8-9,14-16H2,1-3H3,(H,29,34)/t17-,18+,23+/m0/s1. The summed E-state index contributed by atoms with van der Waals surface area (Å²) < 4.78 is 6.30. The molecule has 2 aliphatic rings. The van der Waals surface area contributed by atoms with Gasteiger partial charge in [0.1, 0.15) is 11.7 Å². The number of rotatable bonds is 6. The first-order valence-corrected chi connectivity index (χ1v) is 12.4. The lowest BCUT2D eigenvalue weighted by Gasteiger charge is -2.37. The van der Waals surface area contributed by atoms with Crippen LogP contribution in [-0.2, 0) is 0 Å². The lowest BCUT2D eigenvalue weighted by atomic mass is 9.99. The number of aliphatic hydroxyl groups excluding tert-OH is 1. The predicted molar refractivity (Wildman–Crippen MR) is 132 cm³/mol. The van der Waals surface area contributed by atoms with Gasteiger partial charge in [-0.2, -0.15) is 0 Å². The number of fused-ring (bicyclic) bond motifs is 1. The maximum absolute atomic E-state index is 13.6. The molecule has 2 aromatic rings. The van der Waals surface area contributed by atoms with E-state index in [9.17, 15) is 14.7 Å². The highest BCUT2D eigenvalue weighted by Gasteiger charge is 2.35. The Balaban J connectivity index is 1.61. The Morgan fingerprint density at radius 1 is 1.31 bits per heavy atom. The highest BCUT2D eigenvalue weighted by atomic mass is 16.5. The van der Waals surface area contributed by atoms with Crippen LogP contribution in [0.5, 0.6) is 5.88 Å². The second-order valence-electron chi connectivity index (χ2n) is 9.75. The average molecular weight is 482 g/mol. The molecule has 0 spiro atoms. The summed E-state index contributed by atoms with van der Waals surface area (Å²) in [6.07, 6.45) is 9.02. The lowest BCUT2D eigenvalue weighted by Crippen LogP contribution is -2.52. The molecule has 1 saturated carbocycles. The summed E-state index contributed by atoms with van der Waals surface area (Å²) in [5, 5.41) is 13.0. The number of nitrogens with zero attached hydrogens (tertiary/aromatic N) is 4. The van der Waals surface area contributed by atoms with Crippen LogP contribution in [0, 0.1) is 5.92 Å². The zero-order valence-corrected chi connectivity index (χ0v) is 20.7. The van der Waals surface area contributed by atoms with Gasteiger partial charge >= 0.3 is 6.03 Å². The number of hydrogen-bond acceptors (Lipinski definition) is 6. The zero-order valence-electron chi connectivity index (χ0n) is 20.7. The van der Waals surface area contributed by atoms with Crippen LogP contribution < -0.4 is 10.1 Å². The molecule has 0 unspecified atom stereocenters. The molecule has 0 bridgehead atoms. The maximum atomic E-state index is 13.6. The first-order chi connectivity index (χ1) is 16.9. The van der Waals surface area contributed by atoms with Crippen LogP contribution in [0.3, 0.4) is 0 Å². The van der Waals surface area contributed by atoms with Gasteiger partial charge in [-0.3, -0.25) is 9.78 Å². The second kappa shape index (κ2) is 11.0. The Morgan fingerprint density at radius 3 is 2.77 bits per heavy atom. The first-order valence-electron chi connectivity index (χ1n) is 12.4. The summed E-state index contributed by atoms with van der Waals surface area (Å²) in [5.41, 5.74) is 1.93. The van der Waals surface area contributed by atoms with Gasteiger partial charge in [-0.15, -0.1) is 0 Å². The number of pyridine rings is 2. The lowest BCUT2D eigenvalue weighted by molar-refractivity contribution is 0.0351. The van der Waals surface area contributed by atoms with Crippen molar-refractivity contribution in [2.24, 2.45) is 5.92 Å². The minimum absolute atomic E-state index is 0.0948. The van der Waals surface area contributed by atoms with Gasteiger partial charge in [0.2, 0.25) is 5.88 Å². The summed E-state index contributed by atoms with van der Waals surface area (Å²) in [6, 6.07) is 5.24. The highest BCUT2D eigenvalue weighted by Crippen LogP contribution is 2.30. The van der Waals surface area contributed by atoms with E-state index in [-0.39, 0.29) is 48.5 Å². The fraction of sp³-hybridized carbons (Fsp3) is 0.538. The van der Waals surface area contributed by atoms with E-state index in [0.29, 0.717) is 18.7 Å². The van der Waals surface area contributed by atoms with Crippen molar-refractivity contribution in [3.63, 3.8) is 0 Å². The number of amides is 3. The zero-order chi connectivity index (χ0) is 24.9. The quantitative estimate of drug-likeness (QED) is 0.657. The monoisotopic (exact) mass is 481 g/mol. The van der Waals surface area contributed by atoms with E-state index in [2.05, 4.69) is 15.3 Å². The molecule has 2 aromatic heterocycles. The largest absolute Gasteiger partial charge is 0.472 e. The van der Waals surface area contributed by atoms with Crippen molar-refractivity contribution in [1.82, 2.24) is 25.1 Å². The van der Waals surface area contributed by atoms with Crippen LogP contribution in [0.1, 0.15) is 49.9 Å². The molecule has 1 aliphatic heterocycles. The van der Waals surface area contributed by atoms with Crippen molar-refractivity contribution in [2.45, 2.75) is 57.7 Å². The molecular formula is C26H35N5O4. The molecule has 1 fully saturated rings. The third-order valence-corrected chi connectivity index (χ3v) is 7.00. The van der Waals surface area contributed by atoms with Crippen LogP contribution in [0.2, 0.25) is 0 Å². The van der Waals surface area contributed by atoms with E-state index in [1.165, 1.54) is 0 Å². The number of aromatic nitrogens is 2. The molecule has 9 heteroatoms. The minimum atomic E-state index is -0.383. The van der Waals surface area contributed by atoms with Crippen molar-refractivity contribution in [3.8, 4) is 17.0 Å². The molecule has 3 amide bonds. The number of likely N-dealkylation sites (N-methyl/N-ethyl adjacent to an activating group) is 1. The smallest absolute Gasteiger partial charge is 0.317 e. The van der Waals surface area contributed by atoms with Crippen molar-refractivity contribution < 1.29 is 19.4 Å². The van der Waals surface area contributed by atoms with Crippen molar-refractivity contribution in [3.05, 3.63) is 42.4 Å². The minimum Gasteiger partial charge on any atom is -0.472 e. The molecule has 0 aromatic carbocycles. The van der Waals surface area contributed by atoms with Gasteiger partial charge in [0.25, 0.3) is 5.91 Å². The number of hydrogen-bond donors (Lipinski definition) is 2. The maximum Gasteiger partial charge on any atom is 0.317 e. The van der Waals surface area contributed by atoms with Crippen LogP contribution >= 0.6 is 0 Å². The van der Waals surface area contributed by atoms with E-state index in [1.807, 2.05) is 26.0 Å². The average Bonchev–Trinajstić information content (AvgIpc) is 3.39. The highest BCUT2D eigenvalue weighted by molar-refractivity contribution is 5.98. The summed E-state index contributed by atoms with van der Waals surface area (Å²) >= 11 is 0. The summed E-state index contributed by atoms with van der Waals surface area (Å²) in [4.78, 5) is 38.3. The van der Waals surface area contributed by atoms with Gasteiger partial charge in [-0.1, -0.05) is 25.8 Å². The van der Waals surface area contributed by atoms with Gasteiger partial charge < -0.3 is 25.0 Å². The van der Waals surface area contributed by atoms with Gasteiger partial charge in [0, 0.05) is 55.3 Å². The van der Waals surface area contributed by atoms with E-state index >= 15 is 0 Å². The fourth-order valence-corrected chi connectivity index (χ4v) is 4.72. The van der Waals surface area contributed by atoms with E-state index in [0.717, 1.165) is 36.8 Å². The molecule has 9 nitrogen and oxygen atoms in total. The Bertz CT molecular complexity index is 1030. The number of urea groups is 1. The van der Waals surface area contributed by atoms with Gasteiger partial charge in [-0.05, 0) is 31.9 Å². The van der Waals surface area contributed by atoms with E-state index in [4.69, 9.17) is 4.74 Å². The van der Waals surface area contributed by atoms with Crippen molar-refractivity contribution in [2.75, 3.05) is 26.7 Å². The normalized spacial score (nSPS) is 21.5. The van der Waals surface area contributed by atoms with Crippen LogP contribution in [0.15, 0.2) is 36.8 Å². The summed E-state index contributed by atoms with van der Waals surface area (Å²) in [7, 11) is 1.76. The topological polar surface area (TPSA) is 108 Å². The molecule has 3 atom stereocenters. The first kappa shape index (κ1) is 24.9. The van der Waals surface area contributed by atoms with Crippen LogP contribution in [0.4, 0.5) is 4.79 Å². The van der Waals surface area contributed by atoms with Crippen LogP contribution in [-0.4, -0.2) is 81.7 Å². The molecule has 0 saturated heterocycles.